The normalized spacial score (nSPS) is 15.1. The van der Waals surface area contributed by atoms with Crippen LogP contribution in [0.25, 0.3) is 0 Å². The quantitative estimate of drug-likeness (QED) is 0.445. The number of nitrogens with one attached hydrogen (secondary N) is 1. The Bertz CT molecular complexity index is 860. The minimum absolute atomic E-state index is 0.800. The second kappa shape index (κ2) is 12.3. The maximum Gasteiger partial charge on any atom is 0.194 e. The summed E-state index contributed by atoms with van der Waals surface area (Å²) in [6.45, 7) is 11.4. The Morgan fingerprint density at radius 1 is 1.12 bits per heavy atom. The first kappa shape index (κ1) is 23.8. The molecule has 0 amide bonds. The molecule has 1 N–H and O–H groups in total. The van der Waals surface area contributed by atoms with E-state index in [1.807, 2.05) is 12.1 Å². The lowest BCUT2D eigenvalue weighted by molar-refractivity contribution is 0.170. The van der Waals surface area contributed by atoms with Crippen molar-refractivity contribution in [1.82, 2.24) is 29.9 Å². The highest BCUT2D eigenvalue weighted by atomic mass is 16.5. The molecular formula is C23H37N7O2. The topological polar surface area (TPSA) is 80.0 Å². The van der Waals surface area contributed by atoms with Crippen LogP contribution in [0.4, 0.5) is 0 Å². The van der Waals surface area contributed by atoms with Crippen molar-refractivity contribution < 1.29 is 9.47 Å². The number of aromatic nitrogens is 3. The molecule has 2 aromatic rings. The molecule has 0 spiro atoms. The van der Waals surface area contributed by atoms with Crippen molar-refractivity contribution in [1.29, 1.82) is 0 Å². The van der Waals surface area contributed by atoms with Gasteiger partial charge >= 0.3 is 0 Å². The largest absolute Gasteiger partial charge is 0.497 e. The van der Waals surface area contributed by atoms with Crippen LogP contribution in [0.2, 0.25) is 0 Å². The zero-order valence-electron chi connectivity index (χ0n) is 19.9. The Hall–Kier alpha value is -2.81. The highest BCUT2D eigenvalue weighted by Crippen LogP contribution is 2.25. The number of hydrogen-bond donors (Lipinski definition) is 1. The number of benzene rings is 1. The first-order valence-corrected chi connectivity index (χ1v) is 11.5. The molecule has 1 aromatic carbocycles. The highest BCUT2D eigenvalue weighted by molar-refractivity contribution is 5.80. The monoisotopic (exact) mass is 443 g/mol. The lowest BCUT2D eigenvalue weighted by Crippen LogP contribution is -2.52. The van der Waals surface area contributed by atoms with Crippen LogP contribution in [0.1, 0.15) is 31.7 Å². The SMILES string of the molecule is CCCN=C(NCCn1cnnc1CC)N1CCN(Cc2cc(OC)ccc2OC)CC1. The molecule has 32 heavy (non-hydrogen) atoms. The Kier molecular flexibility index (Phi) is 9.15. The third-order valence-electron chi connectivity index (χ3n) is 5.69. The van der Waals surface area contributed by atoms with Gasteiger partial charge in [0.25, 0.3) is 0 Å². The molecule has 1 aromatic heterocycles. The molecule has 0 aliphatic carbocycles. The van der Waals surface area contributed by atoms with Crippen LogP contribution in [0.15, 0.2) is 29.5 Å². The van der Waals surface area contributed by atoms with Gasteiger partial charge < -0.3 is 24.3 Å². The maximum atomic E-state index is 5.55. The van der Waals surface area contributed by atoms with Crippen molar-refractivity contribution >= 4 is 5.96 Å². The molecule has 1 aliphatic rings. The number of guanidine groups is 1. The number of piperazine rings is 1. The van der Waals surface area contributed by atoms with Crippen LogP contribution in [-0.2, 0) is 19.5 Å². The van der Waals surface area contributed by atoms with E-state index in [0.29, 0.717) is 0 Å². The molecule has 0 bridgehead atoms. The number of methoxy groups -OCH3 is 2. The van der Waals surface area contributed by atoms with E-state index in [0.717, 1.165) is 94.0 Å². The van der Waals surface area contributed by atoms with Gasteiger partial charge in [0.05, 0.1) is 14.2 Å². The van der Waals surface area contributed by atoms with Gasteiger partial charge in [0.1, 0.15) is 23.7 Å². The minimum Gasteiger partial charge on any atom is -0.497 e. The summed E-state index contributed by atoms with van der Waals surface area (Å²) in [5, 5.41) is 11.7. The van der Waals surface area contributed by atoms with Gasteiger partial charge in [-0.05, 0) is 24.6 Å². The van der Waals surface area contributed by atoms with Crippen molar-refractivity contribution in [3.63, 3.8) is 0 Å². The number of rotatable bonds is 10. The zero-order chi connectivity index (χ0) is 22.8. The van der Waals surface area contributed by atoms with Crippen molar-refractivity contribution in [2.75, 3.05) is 53.5 Å². The molecular weight excluding hydrogens is 406 g/mol. The predicted octanol–water partition coefficient (Wildman–Crippen LogP) is 2.03. The van der Waals surface area contributed by atoms with Gasteiger partial charge in [0, 0.05) is 64.3 Å². The molecule has 176 valence electrons. The summed E-state index contributed by atoms with van der Waals surface area (Å²) in [7, 11) is 3.41. The van der Waals surface area contributed by atoms with Crippen LogP contribution in [0.5, 0.6) is 11.5 Å². The molecule has 9 heteroatoms. The molecule has 1 saturated heterocycles. The second-order valence-electron chi connectivity index (χ2n) is 7.87. The Morgan fingerprint density at radius 2 is 1.94 bits per heavy atom. The lowest BCUT2D eigenvalue weighted by atomic mass is 10.1. The van der Waals surface area contributed by atoms with Crippen LogP contribution < -0.4 is 14.8 Å². The first-order chi connectivity index (χ1) is 15.7. The number of nitrogens with zero attached hydrogens (tertiary/aromatic N) is 6. The van der Waals surface area contributed by atoms with Crippen molar-refractivity contribution in [2.24, 2.45) is 4.99 Å². The molecule has 3 rings (SSSR count). The van der Waals surface area contributed by atoms with E-state index >= 15 is 0 Å². The van der Waals surface area contributed by atoms with Crippen LogP contribution >= 0.6 is 0 Å². The fourth-order valence-electron chi connectivity index (χ4n) is 3.88. The van der Waals surface area contributed by atoms with E-state index in [9.17, 15) is 0 Å². The van der Waals surface area contributed by atoms with E-state index in [4.69, 9.17) is 14.5 Å². The second-order valence-corrected chi connectivity index (χ2v) is 7.87. The van der Waals surface area contributed by atoms with Crippen molar-refractivity contribution in [3.05, 3.63) is 35.9 Å². The summed E-state index contributed by atoms with van der Waals surface area (Å²) in [6.07, 6.45) is 3.72. The molecule has 2 heterocycles. The van der Waals surface area contributed by atoms with E-state index in [1.54, 1.807) is 20.5 Å². The summed E-state index contributed by atoms with van der Waals surface area (Å²) >= 11 is 0. The van der Waals surface area contributed by atoms with Gasteiger partial charge in [-0.15, -0.1) is 10.2 Å². The molecule has 9 nitrogen and oxygen atoms in total. The lowest BCUT2D eigenvalue weighted by Gasteiger charge is -2.36. The summed E-state index contributed by atoms with van der Waals surface area (Å²) in [6, 6.07) is 5.98. The average Bonchev–Trinajstić information content (AvgIpc) is 3.29. The van der Waals surface area contributed by atoms with Gasteiger partial charge in [-0.3, -0.25) is 9.89 Å². The van der Waals surface area contributed by atoms with E-state index in [2.05, 4.69) is 49.8 Å². The molecule has 0 radical (unpaired) electrons. The van der Waals surface area contributed by atoms with Gasteiger partial charge in [0.15, 0.2) is 5.96 Å². The highest BCUT2D eigenvalue weighted by Gasteiger charge is 2.21. The van der Waals surface area contributed by atoms with Gasteiger partial charge in [-0.25, -0.2) is 0 Å². The van der Waals surface area contributed by atoms with Gasteiger partial charge in [-0.1, -0.05) is 13.8 Å². The third kappa shape index (κ3) is 6.35. The first-order valence-electron chi connectivity index (χ1n) is 11.5. The Balaban J connectivity index is 1.55. The Labute approximate surface area is 191 Å². The fourth-order valence-corrected chi connectivity index (χ4v) is 3.88. The molecule has 0 saturated carbocycles. The number of hydrogen-bond acceptors (Lipinski definition) is 6. The molecule has 0 unspecified atom stereocenters. The van der Waals surface area contributed by atoms with E-state index in [-0.39, 0.29) is 0 Å². The summed E-state index contributed by atoms with van der Waals surface area (Å²) < 4.78 is 13.0. The summed E-state index contributed by atoms with van der Waals surface area (Å²) in [4.78, 5) is 9.64. The molecule has 0 atom stereocenters. The van der Waals surface area contributed by atoms with Crippen molar-refractivity contribution in [3.8, 4) is 11.5 Å². The summed E-state index contributed by atoms with van der Waals surface area (Å²) in [5.41, 5.74) is 1.15. The summed E-state index contributed by atoms with van der Waals surface area (Å²) in [5.74, 6) is 3.77. The van der Waals surface area contributed by atoms with Crippen LogP contribution in [-0.4, -0.2) is 84.0 Å². The predicted molar refractivity (Wildman–Crippen MR) is 126 cm³/mol. The fraction of sp³-hybridized carbons (Fsp3) is 0.609. The van der Waals surface area contributed by atoms with E-state index < -0.39 is 0 Å². The van der Waals surface area contributed by atoms with Crippen molar-refractivity contribution in [2.45, 2.75) is 39.8 Å². The van der Waals surface area contributed by atoms with Gasteiger partial charge in [0.2, 0.25) is 0 Å². The Morgan fingerprint density at radius 3 is 2.62 bits per heavy atom. The molecule has 1 aliphatic heterocycles. The van der Waals surface area contributed by atoms with E-state index in [1.165, 1.54) is 0 Å². The number of aryl methyl sites for hydroxylation is 1. The average molecular weight is 444 g/mol. The minimum atomic E-state index is 0.800. The zero-order valence-corrected chi connectivity index (χ0v) is 19.9. The maximum absolute atomic E-state index is 5.55. The number of aliphatic imine (C=N–C) groups is 1. The smallest absolute Gasteiger partial charge is 0.194 e. The van der Waals surface area contributed by atoms with Crippen LogP contribution in [0, 0.1) is 0 Å². The van der Waals surface area contributed by atoms with Crippen LogP contribution in [0.3, 0.4) is 0 Å². The van der Waals surface area contributed by atoms with Gasteiger partial charge in [-0.2, -0.15) is 0 Å². The standard InChI is InChI=1S/C23H37N7O2/c1-5-9-24-23(25-10-11-30-18-26-27-22(30)6-2)29-14-12-28(13-15-29)17-19-16-20(31-3)7-8-21(19)32-4/h7-8,16,18H,5-6,9-15,17H2,1-4H3,(H,24,25). The number of ether oxygens (including phenoxy) is 2. The third-order valence-corrected chi connectivity index (χ3v) is 5.69. The molecule has 1 fully saturated rings.